The maximum absolute atomic E-state index is 13.2. The summed E-state index contributed by atoms with van der Waals surface area (Å²) in [7, 11) is -3.94. The van der Waals surface area contributed by atoms with Crippen LogP contribution in [0.15, 0.2) is 65.7 Å². The number of nitrogens with zero attached hydrogens (tertiary/aromatic N) is 4. The third-order valence-electron chi connectivity index (χ3n) is 4.80. The van der Waals surface area contributed by atoms with Gasteiger partial charge in [-0.2, -0.15) is 8.42 Å². The summed E-state index contributed by atoms with van der Waals surface area (Å²) in [6, 6.07) is 6.51. The van der Waals surface area contributed by atoms with E-state index < -0.39 is 10.0 Å². The molecule has 0 spiro atoms. The van der Waals surface area contributed by atoms with Gasteiger partial charge in [0, 0.05) is 28.7 Å². The van der Waals surface area contributed by atoms with E-state index in [9.17, 15) is 13.2 Å². The van der Waals surface area contributed by atoms with Gasteiger partial charge in [0.1, 0.15) is 9.93 Å². The molecule has 0 unspecified atom stereocenters. The molecule has 0 bridgehead atoms. The number of likely N-dealkylation sites (N-methyl/N-ethyl adjacent to an activating group) is 1. The predicted octanol–water partition coefficient (Wildman–Crippen LogP) is 4.77. The predicted molar refractivity (Wildman–Crippen MR) is 128 cm³/mol. The van der Waals surface area contributed by atoms with E-state index in [1.54, 1.807) is 25.3 Å². The molecule has 3 heterocycles. The number of carbonyl (C=O) groups is 1. The lowest BCUT2D eigenvalue weighted by Gasteiger charge is -2.19. The van der Waals surface area contributed by atoms with Gasteiger partial charge in [0.25, 0.3) is 15.9 Å². The highest BCUT2D eigenvalue weighted by atomic mass is 32.2. The molecule has 31 heavy (non-hydrogen) atoms. The first-order chi connectivity index (χ1) is 14.7. The van der Waals surface area contributed by atoms with Crippen LogP contribution < -0.4 is 4.90 Å². The van der Waals surface area contributed by atoms with Crippen LogP contribution in [-0.2, 0) is 14.8 Å². The molecule has 1 aromatic heterocycles. The zero-order chi connectivity index (χ0) is 22.3. The van der Waals surface area contributed by atoms with Gasteiger partial charge < -0.3 is 0 Å². The van der Waals surface area contributed by atoms with Gasteiger partial charge in [-0.25, -0.2) is 4.98 Å². The highest BCUT2D eigenvalue weighted by Crippen LogP contribution is 2.49. The first-order valence-corrected chi connectivity index (χ1v) is 13.4. The van der Waals surface area contributed by atoms with Gasteiger partial charge in [-0.1, -0.05) is 29.5 Å². The summed E-state index contributed by atoms with van der Waals surface area (Å²) >= 11 is 4.06. The van der Waals surface area contributed by atoms with E-state index in [2.05, 4.69) is 9.38 Å². The van der Waals surface area contributed by atoms with Crippen molar-refractivity contribution in [3.05, 3.63) is 61.9 Å². The maximum atomic E-state index is 13.2. The third-order valence-corrected chi connectivity index (χ3v) is 9.33. The molecular weight excluding hydrogens is 473 g/mol. The number of rotatable bonds is 4. The Hall–Kier alpha value is -2.08. The summed E-state index contributed by atoms with van der Waals surface area (Å²) in [6.07, 6.45) is 1.72. The Kier molecular flexibility index (Phi) is 6.03. The number of amides is 1. The first-order valence-electron chi connectivity index (χ1n) is 9.43. The summed E-state index contributed by atoms with van der Waals surface area (Å²) in [5, 5.41) is 3.54. The van der Waals surface area contributed by atoms with Crippen LogP contribution in [0.3, 0.4) is 0 Å². The van der Waals surface area contributed by atoms with Crippen LogP contribution in [0.4, 0.5) is 5.13 Å². The number of hydrogen-bond donors (Lipinski definition) is 0. The van der Waals surface area contributed by atoms with Crippen molar-refractivity contribution in [3.8, 4) is 0 Å². The smallest absolute Gasteiger partial charge is 0.284 e. The minimum absolute atomic E-state index is 0.101. The number of allylic oxidation sites excluding steroid dienone is 2. The Balaban J connectivity index is 1.77. The zero-order valence-corrected chi connectivity index (χ0v) is 20.6. The molecule has 0 atom stereocenters. The molecule has 0 N–H and O–H groups in total. The second-order valence-corrected chi connectivity index (χ2v) is 11.5. The van der Waals surface area contributed by atoms with Gasteiger partial charge in [-0.05, 0) is 51.6 Å². The van der Waals surface area contributed by atoms with Crippen molar-refractivity contribution >= 4 is 61.1 Å². The molecular formula is C20H20N4O3S4. The van der Waals surface area contributed by atoms with Crippen LogP contribution in [0, 0.1) is 6.92 Å². The number of carbonyl (C=O) groups excluding carboxylic acids is 1. The number of thioether (sulfide) groups is 2. The molecule has 1 fully saturated rings. The normalized spacial score (nSPS) is 21.2. The summed E-state index contributed by atoms with van der Waals surface area (Å²) in [4.78, 5) is 22.6. The molecule has 1 amide bonds. The first kappa shape index (κ1) is 22.1. The number of amidine groups is 1. The fraction of sp³-hybridized carbons (Fsp3) is 0.250. The van der Waals surface area contributed by atoms with Crippen molar-refractivity contribution in [1.29, 1.82) is 0 Å². The van der Waals surface area contributed by atoms with E-state index >= 15 is 0 Å². The average molecular weight is 493 g/mol. The van der Waals surface area contributed by atoms with Crippen molar-refractivity contribution in [2.24, 2.45) is 4.40 Å². The molecule has 0 saturated carbocycles. The SMILES string of the molecule is CCN1C(=O)/C(=C2\SC(C)=C(C)N2c2nccs2)S/C1=N/S(=O)(=O)c1ccc(C)cc1. The van der Waals surface area contributed by atoms with Crippen molar-refractivity contribution < 1.29 is 13.2 Å². The van der Waals surface area contributed by atoms with Crippen LogP contribution in [0.25, 0.3) is 0 Å². The number of aryl methyl sites for hydroxylation is 1. The second kappa shape index (κ2) is 8.45. The third kappa shape index (κ3) is 4.07. The molecule has 2 aromatic rings. The van der Waals surface area contributed by atoms with Crippen molar-refractivity contribution in [3.63, 3.8) is 0 Å². The molecule has 162 valence electrons. The van der Waals surface area contributed by atoms with E-state index in [4.69, 9.17) is 0 Å². The van der Waals surface area contributed by atoms with Crippen molar-refractivity contribution in [1.82, 2.24) is 9.88 Å². The van der Waals surface area contributed by atoms with Crippen LogP contribution in [0.5, 0.6) is 0 Å². The van der Waals surface area contributed by atoms with Gasteiger partial charge in [-0.3, -0.25) is 14.6 Å². The Bertz CT molecular complexity index is 1230. The van der Waals surface area contributed by atoms with Crippen LogP contribution in [0.1, 0.15) is 26.3 Å². The maximum Gasteiger partial charge on any atom is 0.284 e. The Labute approximate surface area is 194 Å². The lowest BCUT2D eigenvalue weighted by molar-refractivity contribution is -0.122. The Morgan fingerprint density at radius 1 is 1.10 bits per heavy atom. The lowest BCUT2D eigenvalue weighted by atomic mass is 10.2. The topological polar surface area (TPSA) is 82.9 Å². The summed E-state index contributed by atoms with van der Waals surface area (Å²) in [5.41, 5.74) is 1.95. The van der Waals surface area contributed by atoms with Gasteiger partial charge in [-0.15, -0.1) is 15.7 Å². The molecule has 11 heteroatoms. The molecule has 0 aliphatic carbocycles. The standard InChI is InChI=1S/C20H20N4O3S4/c1-5-23-17(25)16(18-24(13(3)14(4)29-18)19-21-10-11-28-19)30-20(23)22-31(26,27)15-8-6-12(2)7-9-15/h6-11H,5H2,1-4H3/b18-16+,22-20+. The van der Waals surface area contributed by atoms with E-state index in [0.717, 1.165) is 38.1 Å². The van der Waals surface area contributed by atoms with E-state index in [1.807, 2.05) is 31.1 Å². The molecule has 2 aliphatic rings. The zero-order valence-electron chi connectivity index (χ0n) is 17.3. The number of aromatic nitrogens is 1. The van der Waals surface area contributed by atoms with Gasteiger partial charge in [0.05, 0.1) is 4.90 Å². The van der Waals surface area contributed by atoms with E-state index in [-0.39, 0.29) is 16.0 Å². The quantitative estimate of drug-likeness (QED) is 0.569. The molecule has 0 radical (unpaired) electrons. The Morgan fingerprint density at radius 2 is 1.81 bits per heavy atom. The van der Waals surface area contributed by atoms with Gasteiger partial charge in [0.15, 0.2) is 10.3 Å². The number of benzene rings is 1. The summed E-state index contributed by atoms with van der Waals surface area (Å²) < 4.78 is 29.8. The molecule has 7 nitrogen and oxygen atoms in total. The largest absolute Gasteiger partial charge is 0.286 e. The monoisotopic (exact) mass is 492 g/mol. The van der Waals surface area contributed by atoms with E-state index in [1.165, 1.54) is 40.1 Å². The number of hydrogen-bond acceptors (Lipinski definition) is 8. The van der Waals surface area contributed by atoms with Crippen LogP contribution >= 0.6 is 34.9 Å². The number of sulfonamides is 1. The summed E-state index contributed by atoms with van der Waals surface area (Å²) in [6.45, 7) is 7.98. The van der Waals surface area contributed by atoms with Crippen LogP contribution in [0.2, 0.25) is 0 Å². The average Bonchev–Trinajstić information content (AvgIpc) is 3.41. The lowest BCUT2D eigenvalue weighted by Crippen LogP contribution is -2.30. The minimum Gasteiger partial charge on any atom is -0.286 e. The van der Waals surface area contributed by atoms with Crippen LogP contribution in [-0.4, -0.2) is 35.9 Å². The fourth-order valence-electron chi connectivity index (χ4n) is 3.03. The highest BCUT2D eigenvalue weighted by molar-refractivity contribution is 8.20. The number of thiazole rings is 1. The molecule has 2 aliphatic heterocycles. The minimum atomic E-state index is -3.94. The van der Waals surface area contributed by atoms with Crippen molar-refractivity contribution in [2.75, 3.05) is 11.4 Å². The van der Waals surface area contributed by atoms with Gasteiger partial charge >= 0.3 is 0 Å². The summed E-state index contributed by atoms with van der Waals surface area (Å²) in [5.74, 6) is -0.253. The highest BCUT2D eigenvalue weighted by Gasteiger charge is 2.40. The molecule has 1 saturated heterocycles. The molecule has 4 rings (SSSR count). The van der Waals surface area contributed by atoms with Gasteiger partial charge in [0.2, 0.25) is 0 Å². The Morgan fingerprint density at radius 3 is 2.42 bits per heavy atom. The van der Waals surface area contributed by atoms with E-state index in [0.29, 0.717) is 11.4 Å². The second-order valence-electron chi connectivity index (χ2n) is 6.84. The number of anilines is 1. The van der Waals surface area contributed by atoms with Crippen molar-refractivity contribution in [2.45, 2.75) is 32.6 Å². The molecule has 1 aromatic carbocycles. The fourth-order valence-corrected chi connectivity index (χ4v) is 7.27.